The zero-order chi connectivity index (χ0) is 17.3. The number of para-hydroxylation sites is 2. The molecule has 2 aromatic heterocycles. The van der Waals surface area contributed by atoms with E-state index < -0.39 is 0 Å². The summed E-state index contributed by atoms with van der Waals surface area (Å²) >= 11 is 0. The van der Waals surface area contributed by atoms with Gasteiger partial charge in [0.05, 0.1) is 34.9 Å². The summed E-state index contributed by atoms with van der Waals surface area (Å²) in [5, 5.41) is 7.21. The summed E-state index contributed by atoms with van der Waals surface area (Å²) in [5.41, 5.74) is 2.45. The van der Waals surface area contributed by atoms with E-state index in [0.717, 1.165) is 23.4 Å². The number of hydrogen-bond acceptors (Lipinski definition) is 3. The van der Waals surface area contributed by atoms with E-state index >= 15 is 0 Å². The maximum absolute atomic E-state index is 12.4. The lowest BCUT2D eigenvalue weighted by atomic mass is 10.1. The molecule has 0 aliphatic rings. The third kappa shape index (κ3) is 3.04. The number of amides is 1. The third-order valence-electron chi connectivity index (χ3n) is 3.99. The van der Waals surface area contributed by atoms with Crippen molar-refractivity contribution in [3.05, 3.63) is 48.0 Å². The molecular weight excluding hydrogens is 302 g/mol. The van der Waals surface area contributed by atoms with Gasteiger partial charge in [-0.15, -0.1) is 0 Å². The van der Waals surface area contributed by atoms with E-state index in [0.29, 0.717) is 12.1 Å². The molecule has 0 fully saturated rings. The fourth-order valence-electron chi connectivity index (χ4n) is 2.68. The lowest BCUT2D eigenvalue weighted by molar-refractivity contribution is 0.0949. The van der Waals surface area contributed by atoms with Crippen LogP contribution in [-0.4, -0.2) is 25.2 Å². The highest BCUT2D eigenvalue weighted by Crippen LogP contribution is 2.16. The Morgan fingerprint density at radius 3 is 2.67 bits per heavy atom. The standard InChI is InChI=1S/C18H23N5O/c1-5-22-15-9-7-6-8-14(15)21-16(22)11-19-17(24)13-10-20-23(12-13)18(2,3)4/h6-10,12H,5,11H2,1-4H3,(H,19,24). The molecule has 0 radical (unpaired) electrons. The van der Waals surface area contributed by atoms with Crippen LogP contribution in [0, 0.1) is 0 Å². The highest BCUT2D eigenvalue weighted by molar-refractivity contribution is 5.93. The van der Waals surface area contributed by atoms with Crippen LogP contribution in [0.5, 0.6) is 0 Å². The van der Waals surface area contributed by atoms with Gasteiger partial charge in [-0.3, -0.25) is 9.48 Å². The van der Waals surface area contributed by atoms with Crippen LogP contribution in [0.15, 0.2) is 36.7 Å². The van der Waals surface area contributed by atoms with Gasteiger partial charge in [-0.1, -0.05) is 12.1 Å². The van der Waals surface area contributed by atoms with E-state index in [1.165, 1.54) is 0 Å². The first-order valence-electron chi connectivity index (χ1n) is 8.17. The van der Waals surface area contributed by atoms with Gasteiger partial charge in [-0.2, -0.15) is 5.10 Å². The lowest BCUT2D eigenvalue weighted by Gasteiger charge is -2.18. The predicted octanol–water partition coefficient (Wildman–Crippen LogP) is 2.94. The average Bonchev–Trinajstić information content (AvgIpc) is 3.16. The third-order valence-corrected chi connectivity index (χ3v) is 3.99. The first kappa shape index (κ1) is 16.2. The van der Waals surface area contributed by atoms with Gasteiger partial charge in [0.25, 0.3) is 5.91 Å². The minimum atomic E-state index is -0.144. The summed E-state index contributed by atoms with van der Waals surface area (Å²) < 4.78 is 3.91. The van der Waals surface area contributed by atoms with Crippen molar-refractivity contribution in [2.75, 3.05) is 0 Å². The zero-order valence-corrected chi connectivity index (χ0v) is 14.6. The molecule has 0 aliphatic heterocycles. The molecule has 6 nitrogen and oxygen atoms in total. The van der Waals surface area contributed by atoms with Crippen LogP contribution < -0.4 is 5.32 Å². The second-order valence-electron chi connectivity index (χ2n) is 6.79. The number of imidazole rings is 1. The van der Waals surface area contributed by atoms with Gasteiger partial charge in [0.1, 0.15) is 5.82 Å². The maximum atomic E-state index is 12.4. The first-order valence-corrected chi connectivity index (χ1v) is 8.17. The summed E-state index contributed by atoms with van der Waals surface area (Å²) in [5.74, 6) is 0.718. The van der Waals surface area contributed by atoms with E-state index in [1.807, 2.05) is 45.0 Å². The Bertz CT molecular complexity index is 869. The Morgan fingerprint density at radius 2 is 2.00 bits per heavy atom. The number of fused-ring (bicyclic) bond motifs is 1. The number of nitrogens with one attached hydrogen (secondary N) is 1. The summed E-state index contributed by atoms with van der Waals surface area (Å²) in [6.45, 7) is 9.42. The first-order chi connectivity index (χ1) is 11.4. The Labute approximate surface area is 141 Å². The summed E-state index contributed by atoms with van der Waals surface area (Å²) in [6.07, 6.45) is 3.38. The monoisotopic (exact) mass is 325 g/mol. The fraction of sp³-hybridized carbons (Fsp3) is 0.389. The smallest absolute Gasteiger partial charge is 0.254 e. The molecule has 24 heavy (non-hydrogen) atoms. The number of aromatic nitrogens is 4. The molecule has 0 atom stereocenters. The topological polar surface area (TPSA) is 64.7 Å². The van der Waals surface area contributed by atoms with Crippen molar-refractivity contribution >= 4 is 16.9 Å². The molecule has 0 spiro atoms. The highest BCUT2D eigenvalue weighted by atomic mass is 16.1. The zero-order valence-electron chi connectivity index (χ0n) is 14.6. The van der Waals surface area contributed by atoms with Crippen molar-refractivity contribution in [2.24, 2.45) is 0 Å². The van der Waals surface area contributed by atoms with Crippen molar-refractivity contribution in [3.8, 4) is 0 Å². The SMILES string of the molecule is CCn1c(CNC(=O)c2cnn(C(C)(C)C)c2)nc2ccccc21. The van der Waals surface area contributed by atoms with E-state index in [2.05, 4.69) is 26.9 Å². The summed E-state index contributed by atoms with van der Waals surface area (Å²) in [6, 6.07) is 8.00. The molecule has 0 aliphatic carbocycles. The van der Waals surface area contributed by atoms with E-state index in [1.54, 1.807) is 17.1 Å². The van der Waals surface area contributed by atoms with Crippen LogP contribution in [0.4, 0.5) is 0 Å². The van der Waals surface area contributed by atoms with Crippen LogP contribution >= 0.6 is 0 Å². The van der Waals surface area contributed by atoms with E-state index in [4.69, 9.17) is 0 Å². The maximum Gasteiger partial charge on any atom is 0.254 e. The molecule has 6 heteroatoms. The number of aryl methyl sites for hydroxylation is 1. The number of carbonyl (C=O) groups is 1. The largest absolute Gasteiger partial charge is 0.345 e. The lowest BCUT2D eigenvalue weighted by Crippen LogP contribution is -2.25. The van der Waals surface area contributed by atoms with Crippen molar-refractivity contribution in [3.63, 3.8) is 0 Å². The molecule has 126 valence electrons. The minimum absolute atomic E-state index is 0.139. The Balaban J connectivity index is 1.76. The second kappa shape index (κ2) is 6.11. The van der Waals surface area contributed by atoms with Crippen LogP contribution in [0.1, 0.15) is 43.9 Å². The van der Waals surface area contributed by atoms with Crippen LogP contribution in [0.2, 0.25) is 0 Å². The molecule has 0 bridgehead atoms. The molecule has 3 aromatic rings. The van der Waals surface area contributed by atoms with Gasteiger partial charge in [0.15, 0.2) is 0 Å². The second-order valence-corrected chi connectivity index (χ2v) is 6.79. The molecular formula is C18H23N5O. The van der Waals surface area contributed by atoms with Crippen molar-refractivity contribution in [1.82, 2.24) is 24.6 Å². The molecule has 3 rings (SSSR count). The molecule has 0 unspecified atom stereocenters. The molecule has 2 heterocycles. The number of benzene rings is 1. The number of rotatable bonds is 4. The van der Waals surface area contributed by atoms with Crippen LogP contribution in [0.3, 0.4) is 0 Å². The van der Waals surface area contributed by atoms with Gasteiger partial charge < -0.3 is 9.88 Å². The van der Waals surface area contributed by atoms with E-state index in [9.17, 15) is 4.79 Å². The summed E-state index contributed by atoms with van der Waals surface area (Å²) in [7, 11) is 0. The van der Waals surface area contributed by atoms with Crippen molar-refractivity contribution < 1.29 is 4.79 Å². The van der Waals surface area contributed by atoms with Gasteiger partial charge in [0.2, 0.25) is 0 Å². The number of hydrogen-bond donors (Lipinski definition) is 1. The van der Waals surface area contributed by atoms with E-state index in [-0.39, 0.29) is 11.4 Å². The summed E-state index contributed by atoms with van der Waals surface area (Å²) in [4.78, 5) is 17.0. The molecule has 1 aromatic carbocycles. The molecule has 1 amide bonds. The Kier molecular flexibility index (Phi) is 4.13. The fourth-order valence-corrected chi connectivity index (χ4v) is 2.68. The van der Waals surface area contributed by atoms with Crippen molar-refractivity contribution in [1.29, 1.82) is 0 Å². The number of nitrogens with zero attached hydrogens (tertiary/aromatic N) is 4. The molecule has 0 saturated carbocycles. The Hall–Kier alpha value is -2.63. The van der Waals surface area contributed by atoms with Crippen LogP contribution in [0.25, 0.3) is 11.0 Å². The normalized spacial score (nSPS) is 11.8. The van der Waals surface area contributed by atoms with Gasteiger partial charge >= 0.3 is 0 Å². The van der Waals surface area contributed by atoms with Gasteiger partial charge in [-0.05, 0) is 39.8 Å². The van der Waals surface area contributed by atoms with Crippen molar-refractivity contribution in [2.45, 2.75) is 46.3 Å². The quantitative estimate of drug-likeness (QED) is 0.802. The van der Waals surface area contributed by atoms with Crippen LogP contribution in [-0.2, 0) is 18.6 Å². The Morgan fingerprint density at radius 1 is 1.25 bits per heavy atom. The van der Waals surface area contributed by atoms with Gasteiger partial charge in [0, 0.05) is 12.7 Å². The average molecular weight is 325 g/mol. The number of carbonyl (C=O) groups excluding carboxylic acids is 1. The predicted molar refractivity (Wildman–Crippen MR) is 93.8 cm³/mol. The minimum Gasteiger partial charge on any atom is -0.345 e. The molecule has 1 N–H and O–H groups in total. The highest BCUT2D eigenvalue weighted by Gasteiger charge is 2.17. The molecule has 0 saturated heterocycles. The van der Waals surface area contributed by atoms with Gasteiger partial charge in [-0.25, -0.2) is 4.98 Å².